The number of nitriles is 1. The monoisotopic (exact) mass is 460 g/mol. The van der Waals surface area contributed by atoms with E-state index in [1.807, 2.05) is 11.0 Å². The molecular weight excluding hydrogens is 439 g/mol. The summed E-state index contributed by atoms with van der Waals surface area (Å²) < 4.78 is 17.4. The molecule has 0 atom stereocenters. The predicted molar refractivity (Wildman–Crippen MR) is 124 cm³/mol. The summed E-state index contributed by atoms with van der Waals surface area (Å²) in [6, 6.07) is 12.0. The number of halogens is 1. The smallest absolute Gasteiger partial charge is 0.329 e. The lowest BCUT2D eigenvalue weighted by Crippen LogP contribution is -2.47. The summed E-state index contributed by atoms with van der Waals surface area (Å²) >= 11 is 0. The highest BCUT2D eigenvalue weighted by Crippen LogP contribution is 2.24. The molecule has 5 rings (SSSR count). The normalized spacial score (nSPS) is 13.9. The molecule has 0 aliphatic carbocycles. The highest BCUT2D eigenvalue weighted by atomic mass is 19.1. The van der Waals surface area contributed by atoms with Crippen molar-refractivity contribution in [2.45, 2.75) is 6.54 Å². The van der Waals surface area contributed by atoms with Crippen LogP contribution in [0.3, 0.4) is 0 Å². The summed E-state index contributed by atoms with van der Waals surface area (Å²) in [5.41, 5.74) is 0.259. The van der Waals surface area contributed by atoms with Crippen molar-refractivity contribution in [1.82, 2.24) is 24.1 Å². The van der Waals surface area contributed by atoms with E-state index in [9.17, 15) is 14.0 Å². The van der Waals surface area contributed by atoms with Gasteiger partial charge in [0.25, 0.3) is 5.56 Å². The van der Waals surface area contributed by atoms with E-state index in [-0.39, 0.29) is 23.5 Å². The van der Waals surface area contributed by atoms with Crippen LogP contribution in [0.2, 0.25) is 0 Å². The number of pyridine rings is 1. The quantitative estimate of drug-likeness (QED) is 0.487. The standard InChI is InChI=1S/C23H21FN8O2/c1-29-20-19(21(33)28-23(29)34)32(14-16-4-2-3-5-17(16)24)22(27-20)31-10-8-30(9-11-31)18-7-6-15(12-25)13-26-18/h2-7,13H,8-11,14H2,1H3,(H,28,33,34). The van der Waals surface area contributed by atoms with Gasteiger partial charge in [-0.25, -0.2) is 14.2 Å². The minimum absolute atomic E-state index is 0.0944. The van der Waals surface area contributed by atoms with Gasteiger partial charge in [-0.2, -0.15) is 10.2 Å². The van der Waals surface area contributed by atoms with Crippen molar-refractivity contribution in [2.75, 3.05) is 36.0 Å². The van der Waals surface area contributed by atoms with Crippen molar-refractivity contribution in [1.29, 1.82) is 5.26 Å². The second-order valence-electron chi connectivity index (χ2n) is 8.07. The lowest BCUT2D eigenvalue weighted by Gasteiger charge is -2.36. The molecule has 1 saturated heterocycles. The SMILES string of the molecule is Cn1c(=O)[nH]c(=O)c2c1nc(N1CCN(c3ccc(C#N)cn3)CC1)n2Cc1ccccc1F. The van der Waals surface area contributed by atoms with Crippen LogP contribution in [0.15, 0.2) is 52.2 Å². The molecule has 1 fully saturated rings. The summed E-state index contributed by atoms with van der Waals surface area (Å²) in [7, 11) is 1.54. The number of nitrogens with zero attached hydrogens (tertiary/aromatic N) is 7. The molecule has 11 heteroatoms. The van der Waals surface area contributed by atoms with Gasteiger partial charge in [0.15, 0.2) is 11.2 Å². The molecule has 4 aromatic rings. The maximum atomic E-state index is 14.5. The van der Waals surface area contributed by atoms with Gasteiger partial charge in [0, 0.05) is 45.0 Å². The lowest BCUT2D eigenvalue weighted by atomic mass is 10.2. The lowest BCUT2D eigenvalue weighted by molar-refractivity contribution is 0.592. The number of imidazole rings is 1. The molecule has 0 bridgehead atoms. The van der Waals surface area contributed by atoms with Crippen molar-refractivity contribution in [3.63, 3.8) is 0 Å². The second kappa shape index (κ2) is 8.47. The number of hydrogen-bond donors (Lipinski definition) is 1. The van der Waals surface area contributed by atoms with Gasteiger partial charge in [-0.05, 0) is 18.2 Å². The van der Waals surface area contributed by atoms with E-state index < -0.39 is 11.2 Å². The Morgan fingerprint density at radius 1 is 1.09 bits per heavy atom. The van der Waals surface area contributed by atoms with Crippen LogP contribution >= 0.6 is 0 Å². The first kappa shape index (κ1) is 21.4. The molecule has 34 heavy (non-hydrogen) atoms. The molecular formula is C23H21FN8O2. The third-order valence-electron chi connectivity index (χ3n) is 6.04. The van der Waals surface area contributed by atoms with Crippen molar-refractivity contribution < 1.29 is 4.39 Å². The molecule has 1 aliphatic rings. The summed E-state index contributed by atoms with van der Waals surface area (Å²) in [4.78, 5) is 40.4. The Morgan fingerprint density at radius 2 is 1.82 bits per heavy atom. The van der Waals surface area contributed by atoms with Crippen molar-refractivity contribution >= 4 is 22.9 Å². The van der Waals surface area contributed by atoms with Gasteiger partial charge in [0.1, 0.15) is 17.7 Å². The zero-order valence-corrected chi connectivity index (χ0v) is 18.4. The Hall–Kier alpha value is -4.46. The predicted octanol–water partition coefficient (Wildman–Crippen LogP) is 1.20. The fraction of sp³-hybridized carbons (Fsp3) is 0.261. The molecule has 0 amide bonds. The molecule has 172 valence electrons. The zero-order valence-electron chi connectivity index (χ0n) is 18.4. The summed E-state index contributed by atoms with van der Waals surface area (Å²) in [5, 5.41) is 8.98. The molecule has 10 nitrogen and oxygen atoms in total. The van der Waals surface area contributed by atoms with Crippen LogP contribution in [0.4, 0.5) is 16.2 Å². The van der Waals surface area contributed by atoms with Gasteiger partial charge in [-0.3, -0.25) is 18.9 Å². The van der Waals surface area contributed by atoms with Gasteiger partial charge in [0.2, 0.25) is 5.95 Å². The summed E-state index contributed by atoms with van der Waals surface area (Å²) in [6.07, 6.45) is 1.54. The Labute approximate surface area is 193 Å². The van der Waals surface area contributed by atoms with Gasteiger partial charge in [0.05, 0.1) is 12.1 Å². The fourth-order valence-corrected chi connectivity index (χ4v) is 4.19. The van der Waals surface area contributed by atoms with E-state index in [0.717, 1.165) is 5.82 Å². The third kappa shape index (κ3) is 3.69. The number of anilines is 2. The minimum Gasteiger partial charge on any atom is -0.353 e. The zero-order chi connectivity index (χ0) is 23.8. The molecule has 1 N–H and O–H groups in total. The first-order valence-corrected chi connectivity index (χ1v) is 10.8. The summed E-state index contributed by atoms with van der Waals surface area (Å²) in [5.74, 6) is 0.892. The minimum atomic E-state index is -0.561. The van der Waals surface area contributed by atoms with Crippen LogP contribution in [0.5, 0.6) is 0 Å². The maximum Gasteiger partial charge on any atom is 0.329 e. The Bertz CT molecular complexity index is 1520. The maximum absolute atomic E-state index is 14.5. The highest BCUT2D eigenvalue weighted by molar-refractivity contribution is 5.74. The molecule has 1 aliphatic heterocycles. The topological polar surface area (TPSA) is 116 Å². The van der Waals surface area contributed by atoms with E-state index in [1.165, 1.54) is 10.6 Å². The third-order valence-corrected chi connectivity index (χ3v) is 6.04. The molecule has 3 aromatic heterocycles. The van der Waals surface area contributed by atoms with Crippen LogP contribution < -0.4 is 21.0 Å². The number of aryl methyl sites for hydroxylation is 1. The molecule has 0 radical (unpaired) electrons. The van der Waals surface area contributed by atoms with E-state index in [0.29, 0.717) is 43.3 Å². The number of fused-ring (bicyclic) bond motifs is 1. The number of rotatable bonds is 4. The van der Waals surface area contributed by atoms with Crippen molar-refractivity contribution in [3.8, 4) is 6.07 Å². The number of benzene rings is 1. The van der Waals surface area contributed by atoms with E-state index >= 15 is 0 Å². The number of piperazine rings is 1. The largest absolute Gasteiger partial charge is 0.353 e. The van der Waals surface area contributed by atoms with Gasteiger partial charge < -0.3 is 9.80 Å². The Kier molecular flexibility index (Phi) is 5.33. The Morgan fingerprint density at radius 3 is 2.50 bits per heavy atom. The number of nitrogens with one attached hydrogen (secondary N) is 1. The van der Waals surface area contributed by atoms with Crippen molar-refractivity contribution in [3.05, 3.63) is 80.4 Å². The second-order valence-corrected chi connectivity index (χ2v) is 8.07. The molecule has 4 heterocycles. The molecule has 0 spiro atoms. The average molecular weight is 460 g/mol. The molecule has 0 unspecified atom stereocenters. The van der Waals surface area contributed by atoms with Gasteiger partial charge in [-0.1, -0.05) is 18.2 Å². The van der Waals surface area contributed by atoms with Gasteiger partial charge >= 0.3 is 5.69 Å². The Balaban J connectivity index is 1.51. The van der Waals surface area contributed by atoms with Crippen molar-refractivity contribution in [2.24, 2.45) is 7.05 Å². The number of aromatic nitrogens is 5. The summed E-state index contributed by atoms with van der Waals surface area (Å²) in [6.45, 7) is 2.52. The van der Waals surface area contributed by atoms with Crippen LogP contribution in [0, 0.1) is 17.1 Å². The van der Waals surface area contributed by atoms with Crippen LogP contribution in [-0.4, -0.2) is 50.3 Å². The van der Waals surface area contributed by atoms with Crippen LogP contribution in [0.1, 0.15) is 11.1 Å². The fourth-order valence-electron chi connectivity index (χ4n) is 4.19. The molecule has 1 aromatic carbocycles. The highest BCUT2D eigenvalue weighted by Gasteiger charge is 2.26. The number of H-pyrrole nitrogens is 1. The molecule has 0 saturated carbocycles. The number of hydrogen-bond acceptors (Lipinski definition) is 7. The average Bonchev–Trinajstić information content (AvgIpc) is 3.24. The van der Waals surface area contributed by atoms with E-state index in [1.54, 1.807) is 42.1 Å². The van der Waals surface area contributed by atoms with Gasteiger partial charge in [-0.15, -0.1) is 0 Å². The number of aromatic amines is 1. The van der Waals surface area contributed by atoms with E-state index in [2.05, 4.69) is 25.9 Å². The van der Waals surface area contributed by atoms with Crippen LogP contribution in [-0.2, 0) is 13.6 Å². The van der Waals surface area contributed by atoms with Crippen LogP contribution in [0.25, 0.3) is 11.2 Å². The first-order valence-electron chi connectivity index (χ1n) is 10.8. The van der Waals surface area contributed by atoms with E-state index in [4.69, 9.17) is 5.26 Å². The first-order chi connectivity index (χ1) is 16.5.